The van der Waals surface area contributed by atoms with Crippen molar-refractivity contribution in [1.82, 2.24) is 4.90 Å². The number of likely N-dealkylation sites (tertiary alicyclic amines) is 1. The van der Waals surface area contributed by atoms with Gasteiger partial charge in [0, 0.05) is 0 Å². The average Bonchev–Trinajstić information content (AvgIpc) is 2.88. The zero-order valence-electron chi connectivity index (χ0n) is 11.7. The predicted molar refractivity (Wildman–Crippen MR) is 74.1 cm³/mol. The number of hydrogen-bond donors (Lipinski definition) is 1. The Balaban J connectivity index is 1.86. The monoisotopic (exact) mass is 250 g/mol. The van der Waals surface area contributed by atoms with Crippen molar-refractivity contribution in [3.05, 3.63) is 23.7 Å². The lowest BCUT2D eigenvalue weighted by molar-refractivity contribution is 0.0860. The van der Waals surface area contributed by atoms with Crippen LogP contribution < -0.4 is 5.73 Å². The van der Waals surface area contributed by atoms with E-state index >= 15 is 0 Å². The van der Waals surface area contributed by atoms with Crippen molar-refractivity contribution in [1.29, 1.82) is 0 Å². The van der Waals surface area contributed by atoms with E-state index in [1.807, 2.05) is 6.07 Å². The molecule has 0 saturated carbocycles. The summed E-state index contributed by atoms with van der Waals surface area (Å²) in [6, 6.07) is 4.05. The summed E-state index contributed by atoms with van der Waals surface area (Å²) >= 11 is 0. The normalized spacial score (nSPS) is 20.2. The third-order valence-corrected chi connectivity index (χ3v) is 4.71. The van der Waals surface area contributed by atoms with E-state index < -0.39 is 0 Å². The fourth-order valence-electron chi connectivity index (χ4n) is 2.98. The van der Waals surface area contributed by atoms with Gasteiger partial charge < -0.3 is 10.2 Å². The second-order valence-corrected chi connectivity index (χ2v) is 5.56. The maximum Gasteiger partial charge on any atom is 0.118 e. The van der Waals surface area contributed by atoms with E-state index in [-0.39, 0.29) is 0 Å². The quantitative estimate of drug-likeness (QED) is 0.873. The SMILES string of the molecule is CCC1(CC)CCN(Cc2ccc(CN)o2)CC1. The molecule has 2 heterocycles. The Labute approximate surface area is 110 Å². The Morgan fingerprint density at radius 3 is 2.28 bits per heavy atom. The van der Waals surface area contributed by atoms with Gasteiger partial charge in [0.1, 0.15) is 11.5 Å². The number of rotatable bonds is 5. The average molecular weight is 250 g/mol. The lowest BCUT2D eigenvalue weighted by Gasteiger charge is -2.40. The van der Waals surface area contributed by atoms with E-state index in [1.54, 1.807) is 0 Å². The summed E-state index contributed by atoms with van der Waals surface area (Å²) in [5, 5.41) is 0. The highest BCUT2D eigenvalue weighted by Crippen LogP contribution is 2.38. The summed E-state index contributed by atoms with van der Waals surface area (Å²) in [5.41, 5.74) is 6.16. The van der Waals surface area contributed by atoms with Crippen molar-refractivity contribution < 1.29 is 4.42 Å². The molecule has 18 heavy (non-hydrogen) atoms. The molecule has 1 aliphatic heterocycles. The molecule has 2 rings (SSSR count). The van der Waals surface area contributed by atoms with Crippen LogP contribution in [0.4, 0.5) is 0 Å². The van der Waals surface area contributed by atoms with Gasteiger partial charge in [-0.3, -0.25) is 4.90 Å². The summed E-state index contributed by atoms with van der Waals surface area (Å²) in [7, 11) is 0. The number of nitrogens with zero attached hydrogens (tertiary/aromatic N) is 1. The van der Waals surface area contributed by atoms with Crippen LogP contribution in [0.25, 0.3) is 0 Å². The molecule has 0 aliphatic carbocycles. The predicted octanol–water partition coefficient (Wildman–Crippen LogP) is 3.14. The van der Waals surface area contributed by atoms with Crippen molar-refractivity contribution in [2.75, 3.05) is 13.1 Å². The topological polar surface area (TPSA) is 42.4 Å². The van der Waals surface area contributed by atoms with Crippen LogP contribution >= 0.6 is 0 Å². The first-order valence-electron chi connectivity index (χ1n) is 7.21. The lowest BCUT2D eigenvalue weighted by Crippen LogP contribution is -2.39. The first kappa shape index (κ1) is 13.6. The largest absolute Gasteiger partial charge is 0.463 e. The van der Waals surface area contributed by atoms with Crippen molar-refractivity contribution >= 4 is 0 Å². The van der Waals surface area contributed by atoms with Crippen LogP contribution in [-0.2, 0) is 13.1 Å². The van der Waals surface area contributed by atoms with E-state index in [2.05, 4.69) is 24.8 Å². The van der Waals surface area contributed by atoms with Gasteiger partial charge in [-0.15, -0.1) is 0 Å². The zero-order valence-corrected chi connectivity index (χ0v) is 11.7. The van der Waals surface area contributed by atoms with Crippen LogP contribution in [0.1, 0.15) is 51.1 Å². The summed E-state index contributed by atoms with van der Waals surface area (Å²) in [6.45, 7) is 8.48. The molecular weight excluding hydrogens is 224 g/mol. The Bertz CT molecular complexity index is 358. The highest BCUT2D eigenvalue weighted by atomic mass is 16.3. The van der Waals surface area contributed by atoms with E-state index in [9.17, 15) is 0 Å². The standard InChI is InChI=1S/C15H26N2O/c1-3-15(4-2)7-9-17(10-8-15)12-14-6-5-13(11-16)18-14/h5-6H,3-4,7-12,16H2,1-2H3. The third-order valence-electron chi connectivity index (χ3n) is 4.71. The van der Waals surface area contributed by atoms with Gasteiger partial charge in [0.25, 0.3) is 0 Å². The minimum atomic E-state index is 0.495. The highest BCUT2D eigenvalue weighted by molar-refractivity contribution is 5.07. The molecule has 0 spiro atoms. The van der Waals surface area contributed by atoms with Crippen molar-refractivity contribution in [2.45, 2.75) is 52.6 Å². The van der Waals surface area contributed by atoms with Gasteiger partial charge in [0.2, 0.25) is 0 Å². The van der Waals surface area contributed by atoms with Gasteiger partial charge in [-0.25, -0.2) is 0 Å². The molecule has 1 aliphatic rings. The van der Waals surface area contributed by atoms with Crippen LogP contribution in [0.2, 0.25) is 0 Å². The summed E-state index contributed by atoms with van der Waals surface area (Å²) in [4.78, 5) is 2.50. The van der Waals surface area contributed by atoms with Crippen LogP contribution in [0.15, 0.2) is 16.5 Å². The van der Waals surface area contributed by atoms with E-state index in [4.69, 9.17) is 10.2 Å². The minimum absolute atomic E-state index is 0.495. The van der Waals surface area contributed by atoms with Crippen molar-refractivity contribution in [3.63, 3.8) is 0 Å². The molecule has 3 heteroatoms. The molecule has 0 aromatic carbocycles. The van der Waals surface area contributed by atoms with Crippen molar-refractivity contribution in [2.24, 2.45) is 11.1 Å². The lowest BCUT2D eigenvalue weighted by atomic mass is 9.74. The van der Waals surface area contributed by atoms with Crippen molar-refractivity contribution in [3.8, 4) is 0 Å². The Morgan fingerprint density at radius 1 is 1.17 bits per heavy atom. The van der Waals surface area contributed by atoms with E-state index in [1.165, 1.54) is 38.8 Å². The molecule has 1 aromatic rings. The highest BCUT2D eigenvalue weighted by Gasteiger charge is 2.31. The third kappa shape index (κ3) is 2.96. The van der Waals surface area contributed by atoms with Gasteiger partial charge in [-0.05, 0) is 43.5 Å². The molecular formula is C15H26N2O. The molecule has 1 saturated heterocycles. The number of nitrogens with two attached hydrogens (primary N) is 1. The van der Waals surface area contributed by atoms with Crippen LogP contribution in [0.5, 0.6) is 0 Å². The van der Waals surface area contributed by atoms with Crippen LogP contribution in [-0.4, -0.2) is 18.0 Å². The minimum Gasteiger partial charge on any atom is -0.463 e. The number of furan rings is 1. The molecule has 102 valence electrons. The molecule has 0 amide bonds. The van der Waals surface area contributed by atoms with Gasteiger partial charge in [0.15, 0.2) is 0 Å². The van der Waals surface area contributed by atoms with E-state index in [0.29, 0.717) is 12.0 Å². The molecule has 0 radical (unpaired) electrons. The first-order chi connectivity index (χ1) is 8.71. The molecule has 3 nitrogen and oxygen atoms in total. The molecule has 2 N–H and O–H groups in total. The van der Waals surface area contributed by atoms with Gasteiger partial charge in [-0.2, -0.15) is 0 Å². The second-order valence-electron chi connectivity index (χ2n) is 5.56. The molecule has 1 fully saturated rings. The molecule has 0 bridgehead atoms. The summed E-state index contributed by atoms with van der Waals surface area (Å²) in [6.07, 6.45) is 5.28. The molecule has 0 atom stereocenters. The maximum absolute atomic E-state index is 5.67. The van der Waals surface area contributed by atoms with E-state index in [0.717, 1.165) is 18.1 Å². The summed E-state index contributed by atoms with van der Waals surface area (Å²) < 4.78 is 5.67. The fourth-order valence-corrected chi connectivity index (χ4v) is 2.98. The molecule has 0 unspecified atom stereocenters. The van der Waals surface area contributed by atoms with Gasteiger partial charge >= 0.3 is 0 Å². The Morgan fingerprint density at radius 2 is 1.78 bits per heavy atom. The fraction of sp³-hybridized carbons (Fsp3) is 0.733. The zero-order chi connectivity index (χ0) is 13.0. The van der Waals surface area contributed by atoms with Gasteiger partial charge in [-0.1, -0.05) is 26.7 Å². The van der Waals surface area contributed by atoms with Gasteiger partial charge in [0.05, 0.1) is 13.1 Å². The van der Waals surface area contributed by atoms with Crippen LogP contribution in [0, 0.1) is 5.41 Å². The second kappa shape index (κ2) is 5.89. The smallest absolute Gasteiger partial charge is 0.118 e. The molecule has 1 aromatic heterocycles. The van der Waals surface area contributed by atoms with Crippen LogP contribution in [0.3, 0.4) is 0 Å². The number of piperidine rings is 1. The summed E-state index contributed by atoms with van der Waals surface area (Å²) in [5.74, 6) is 1.94. The number of hydrogen-bond acceptors (Lipinski definition) is 3. The first-order valence-corrected chi connectivity index (χ1v) is 7.21. The Kier molecular flexibility index (Phi) is 4.46. The maximum atomic E-state index is 5.67. The Hall–Kier alpha value is -0.800.